The molecule has 0 bridgehead atoms. The van der Waals surface area contributed by atoms with Gasteiger partial charge in [-0.05, 0) is 62.8 Å². The summed E-state index contributed by atoms with van der Waals surface area (Å²) in [6.45, 7) is 8.51. The van der Waals surface area contributed by atoms with Crippen LogP contribution in [0.3, 0.4) is 0 Å². The molecular formula is C15H23N5. The summed E-state index contributed by atoms with van der Waals surface area (Å²) >= 11 is 0. The van der Waals surface area contributed by atoms with E-state index < -0.39 is 0 Å². The van der Waals surface area contributed by atoms with E-state index in [1.165, 1.54) is 11.1 Å². The van der Waals surface area contributed by atoms with Crippen LogP contribution in [0.5, 0.6) is 0 Å². The molecule has 5 heteroatoms. The van der Waals surface area contributed by atoms with Crippen LogP contribution in [0.15, 0.2) is 18.2 Å². The molecule has 0 N–H and O–H groups in total. The zero-order valence-electron chi connectivity index (χ0n) is 13.2. The van der Waals surface area contributed by atoms with Crippen molar-refractivity contribution in [1.29, 1.82) is 0 Å². The SMILES string of the molecule is CCC(C)(c1nnnn1-c1c(C)cccc1C)N(C)C. The second-order valence-corrected chi connectivity index (χ2v) is 5.68. The number of aryl methyl sites for hydroxylation is 2. The van der Waals surface area contributed by atoms with Crippen molar-refractivity contribution in [2.75, 3.05) is 14.1 Å². The lowest BCUT2D eigenvalue weighted by molar-refractivity contribution is 0.152. The summed E-state index contributed by atoms with van der Waals surface area (Å²) in [4.78, 5) is 2.17. The molecule has 0 radical (unpaired) electrons. The molecule has 1 aromatic heterocycles. The lowest BCUT2D eigenvalue weighted by atomic mass is 9.96. The molecule has 1 atom stereocenters. The molecule has 0 spiro atoms. The van der Waals surface area contributed by atoms with Crippen LogP contribution in [0, 0.1) is 13.8 Å². The van der Waals surface area contributed by atoms with E-state index in [1.54, 1.807) is 0 Å². The number of aromatic nitrogens is 4. The van der Waals surface area contributed by atoms with E-state index >= 15 is 0 Å². The Morgan fingerprint density at radius 1 is 1.20 bits per heavy atom. The summed E-state index contributed by atoms with van der Waals surface area (Å²) in [5.74, 6) is 0.877. The smallest absolute Gasteiger partial charge is 0.176 e. The van der Waals surface area contributed by atoms with Gasteiger partial charge in [-0.25, -0.2) is 0 Å². The maximum absolute atomic E-state index is 4.30. The van der Waals surface area contributed by atoms with Crippen molar-refractivity contribution in [1.82, 2.24) is 25.1 Å². The number of tetrazole rings is 1. The van der Waals surface area contributed by atoms with Crippen LogP contribution < -0.4 is 0 Å². The van der Waals surface area contributed by atoms with Gasteiger partial charge in [0, 0.05) is 0 Å². The number of hydrogen-bond acceptors (Lipinski definition) is 4. The first-order chi connectivity index (χ1) is 9.41. The fraction of sp³-hybridized carbons (Fsp3) is 0.533. The molecule has 0 saturated carbocycles. The van der Waals surface area contributed by atoms with Gasteiger partial charge in [0.15, 0.2) is 5.82 Å². The summed E-state index contributed by atoms with van der Waals surface area (Å²) in [6.07, 6.45) is 0.936. The molecular weight excluding hydrogens is 250 g/mol. The largest absolute Gasteiger partial charge is 0.297 e. The number of benzene rings is 1. The Hall–Kier alpha value is -1.75. The van der Waals surface area contributed by atoms with Gasteiger partial charge in [0.25, 0.3) is 0 Å². The minimum Gasteiger partial charge on any atom is -0.297 e. The average molecular weight is 273 g/mol. The summed E-state index contributed by atoms with van der Waals surface area (Å²) < 4.78 is 1.88. The van der Waals surface area contributed by atoms with Crippen molar-refractivity contribution in [2.24, 2.45) is 0 Å². The minimum absolute atomic E-state index is 0.196. The molecule has 0 aliphatic heterocycles. The predicted molar refractivity (Wildman–Crippen MR) is 80.0 cm³/mol. The zero-order chi connectivity index (χ0) is 14.9. The molecule has 1 heterocycles. The first-order valence-corrected chi connectivity index (χ1v) is 6.94. The molecule has 0 aliphatic carbocycles. The van der Waals surface area contributed by atoms with Gasteiger partial charge in [-0.3, -0.25) is 4.90 Å². The Kier molecular flexibility index (Phi) is 3.90. The Morgan fingerprint density at radius 3 is 2.30 bits per heavy atom. The molecule has 1 aromatic carbocycles. The third-order valence-electron chi connectivity index (χ3n) is 4.28. The molecule has 2 aromatic rings. The van der Waals surface area contributed by atoms with Crippen LogP contribution in [0.2, 0.25) is 0 Å². The summed E-state index contributed by atoms with van der Waals surface area (Å²) in [5, 5.41) is 12.4. The van der Waals surface area contributed by atoms with Crippen molar-refractivity contribution in [3.8, 4) is 5.69 Å². The van der Waals surface area contributed by atoms with Gasteiger partial charge >= 0.3 is 0 Å². The molecule has 20 heavy (non-hydrogen) atoms. The van der Waals surface area contributed by atoms with Gasteiger partial charge in [-0.1, -0.05) is 25.1 Å². The minimum atomic E-state index is -0.196. The van der Waals surface area contributed by atoms with Gasteiger partial charge in [0.1, 0.15) is 0 Å². The second kappa shape index (κ2) is 5.32. The topological polar surface area (TPSA) is 46.8 Å². The second-order valence-electron chi connectivity index (χ2n) is 5.68. The van der Waals surface area contributed by atoms with E-state index in [0.717, 1.165) is 17.9 Å². The van der Waals surface area contributed by atoms with Crippen LogP contribution in [0.4, 0.5) is 0 Å². The summed E-state index contributed by atoms with van der Waals surface area (Å²) in [7, 11) is 4.13. The molecule has 5 nitrogen and oxygen atoms in total. The number of para-hydroxylation sites is 1. The lowest BCUT2D eigenvalue weighted by Crippen LogP contribution is -2.40. The van der Waals surface area contributed by atoms with Gasteiger partial charge in [-0.2, -0.15) is 4.68 Å². The molecule has 0 fully saturated rings. The lowest BCUT2D eigenvalue weighted by Gasteiger charge is -2.34. The van der Waals surface area contributed by atoms with Crippen molar-refractivity contribution in [3.63, 3.8) is 0 Å². The van der Waals surface area contributed by atoms with Crippen molar-refractivity contribution >= 4 is 0 Å². The van der Waals surface area contributed by atoms with Crippen molar-refractivity contribution < 1.29 is 0 Å². The third kappa shape index (κ3) is 2.22. The maximum atomic E-state index is 4.30. The normalized spacial score (nSPS) is 14.6. The number of rotatable bonds is 4. The van der Waals surface area contributed by atoms with Crippen LogP contribution >= 0.6 is 0 Å². The van der Waals surface area contributed by atoms with Crippen LogP contribution in [-0.4, -0.2) is 39.2 Å². The molecule has 2 rings (SSSR count). The summed E-state index contributed by atoms with van der Waals surface area (Å²) in [6, 6.07) is 6.24. The monoisotopic (exact) mass is 273 g/mol. The highest BCUT2D eigenvalue weighted by molar-refractivity contribution is 5.46. The molecule has 0 amide bonds. The Labute approximate surface area is 120 Å². The highest BCUT2D eigenvalue weighted by Gasteiger charge is 2.34. The fourth-order valence-electron chi connectivity index (χ4n) is 2.49. The van der Waals surface area contributed by atoms with Crippen molar-refractivity contribution in [2.45, 2.75) is 39.7 Å². The molecule has 108 valence electrons. The van der Waals surface area contributed by atoms with Crippen LogP contribution in [-0.2, 0) is 5.54 Å². The van der Waals surface area contributed by atoms with Gasteiger partial charge < -0.3 is 0 Å². The standard InChI is InChI=1S/C15H23N5/c1-7-15(4,19(5)6)14-16-17-18-20(14)13-11(2)9-8-10-12(13)3/h8-10H,7H2,1-6H3. The van der Waals surface area contributed by atoms with Crippen LogP contribution in [0.25, 0.3) is 5.69 Å². The van der Waals surface area contributed by atoms with Gasteiger partial charge in [0.05, 0.1) is 11.2 Å². The van der Waals surface area contributed by atoms with E-state index in [2.05, 4.69) is 80.4 Å². The van der Waals surface area contributed by atoms with Crippen molar-refractivity contribution in [3.05, 3.63) is 35.2 Å². The van der Waals surface area contributed by atoms with Gasteiger partial charge in [-0.15, -0.1) is 5.10 Å². The van der Waals surface area contributed by atoms with E-state index in [4.69, 9.17) is 0 Å². The maximum Gasteiger partial charge on any atom is 0.176 e. The quantitative estimate of drug-likeness (QED) is 0.858. The van der Waals surface area contributed by atoms with E-state index in [9.17, 15) is 0 Å². The average Bonchev–Trinajstić information content (AvgIpc) is 2.87. The van der Waals surface area contributed by atoms with Gasteiger partial charge in [0.2, 0.25) is 0 Å². The highest BCUT2D eigenvalue weighted by atomic mass is 15.6. The third-order valence-corrected chi connectivity index (χ3v) is 4.28. The fourth-order valence-corrected chi connectivity index (χ4v) is 2.49. The van der Waals surface area contributed by atoms with E-state index in [1.807, 2.05) is 4.68 Å². The first kappa shape index (κ1) is 14.7. The predicted octanol–water partition coefficient (Wildman–Crippen LogP) is 2.47. The highest BCUT2D eigenvalue weighted by Crippen LogP contribution is 2.30. The Balaban J connectivity index is 2.65. The number of hydrogen-bond donors (Lipinski definition) is 0. The molecule has 0 saturated heterocycles. The van der Waals surface area contributed by atoms with E-state index in [-0.39, 0.29) is 5.54 Å². The zero-order valence-corrected chi connectivity index (χ0v) is 13.2. The number of nitrogens with zero attached hydrogens (tertiary/aromatic N) is 5. The first-order valence-electron chi connectivity index (χ1n) is 6.94. The Morgan fingerprint density at radius 2 is 1.80 bits per heavy atom. The summed E-state index contributed by atoms with van der Waals surface area (Å²) in [5.41, 5.74) is 3.23. The Bertz CT molecular complexity index is 582. The van der Waals surface area contributed by atoms with E-state index in [0.29, 0.717) is 0 Å². The molecule has 1 unspecified atom stereocenters. The molecule has 0 aliphatic rings. The van der Waals surface area contributed by atoms with Crippen LogP contribution in [0.1, 0.15) is 37.2 Å².